The third-order valence-corrected chi connectivity index (χ3v) is 9.94. The summed E-state index contributed by atoms with van der Waals surface area (Å²) in [6.45, 7) is 8.78. The van der Waals surface area contributed by atoms with Gasteiger partial charge in [-0.1, -0.05) is 104 Å². The van der Waals surface area contributed by atoms with Crippen LogP contribution in [0.4, 0.5) is 11.4 Å². The van der Waals surface area contributed by atoms with E-state index in [4.69, 9.17) is 0 Å². The maximum atomic E-state index is 13.4. The molecule has 0 amide bonds. The van der Waals surface area contributed by atoms with Crippen LogP contribution >= 0.6 is 0 Å². The molecule has 0 radical (unpaired) electrons. The van der Waals surface area contributed by atoms with E-state index in [1.54, 1.807) is 6.08 Å². The van der Waals surface area contributed by atoms with Crippen molar-refractivity contribution in [3.05, 3.63) is 178 Å². The van der Waals surface area contributed by atoms with Crippen molar-refractivity contribution in [3.8, 4) is 0 Å². The number of Topliss-reactive ketones (excluding diaryl/α,β-unsaturated/α-hetero) is 2. The summed E-state index contributed by atoms with van der Waals surface area (Å²) < 4.78 is 0. The highest BCUT2D eigenvalue weighted by atomic mass is 16.2. The molecule has 2 unspecified atom stereocenters. The van der Waals surface area contributed by atoms with Gasteiger partial charge in [0, 0.05) is 33.8 Å². The number of hydrogen-bond acceptors (Lipinski definition) is 3. The lowest BCUT2D eigenvalue weighted by molar-refractivity contribution is 0.0988. The van der Waals surface area contributed by atoms with Crippen LogP contribution in [-0.4, -0.2) is 11.6 Å². The Kier molecular flexibility index (Phi) is 6.63. The fourth-order valence-corrected chi connectivity index (χ4v) is 7.60. The Balaban J connectivity index is 1.16. The molecule has 5 aromatic rings. The summed E-state index contributed by atoms with van der Waals surface area (Å²) in [5.41, 5.74) is 8.92. The Morgan fingerprint density at radius 1 is 0.702 bits per heavy atom. The molecule has 228 valence electrons. The number of fused-ring (bicyclic) bond motifs is 4. The van der Waals surface area contributed by atoms with Gasteiger partial charge in [0.2, 0.25) is 0 Å². The van der Waals surface area contributed by atoms with Crippen LogP contribution < -0.4 is 4.90 Å². The summed E-state index contributed by atoms with van der Waals surface area (Å²) in [5.74, 6) is -0.331. The highest BCUT2D eigenvalue weighted by Crippen LogP contribution is 2.46. The van der Waals surface area contributed by atoms with E-state index >= 15 is 0 Å². The van der Waals surface area contributed by atoms with Gasteiger partial charge in [0.1, 0.15) is 0 Å². The molecule has 0 spiro atoms. The summed E-state index contributed by atoms with van der Waals surface area (Å²) in [6.07, 6.45) is 15.1. The van der Waals surface area contributed by atoms with Gasteiger partial charge in [-0.15, -0.1) is 0 Å². The van der Waals surface area contributed by atoms with Crippen LogP contribution in [0.5, 0.6) is 0 Å². The predicted octanol–water partition coefficient (Wildman–Crippen LogP) is 10.6. The molecule has 47 heavy (non-hydrogen) atoms. The van der Waals surface area contributed by atoms with Crippen LogP contribution in [0, 0.1) is 32.1 Å². The number of carbonyl (C=O) groups is 2. The van der Waals surface area contributed by atoms with Crippen LogP contribution in [0.3, 0.4) is 0 Å². The molecule has 3 nitrogen and oxygen atoms in total. The van der Waals surface area contributed by atoms with E-state index in [1.165, 1.54) is 33.2 Å². The van der Waals surface area contributed by atoms with Crippen LogP contribution in [0.15, 0.2) is 150 Å². The lowest BCUT2D eigenvalue weighted by Crippen LogP contribution is -2.29. The minimum atomic E-state index is -0.294. The van der Waals surface area contributed by atoms with E-state index in [1.807, 2.05) is 36.4 Å². The quantitative estimate of drug-likeness (QED) is 0.150. The van der Waals surface area contributed by atoms with Crippen LogP contribution in [0.25, 0.3) is 21.5 Å². The Morgan fingerprint density at radius 3 is 1.94 bits per heavy atom. The van der Waals surface area contributed by atoms with Crippen molar-refractivity contribution >= 4 is 44.5 Å². The Hall–Kier alpha value is -5.54. The standard InChI is InChI=1S/C44H35NO2/c1-27-19-28(2)41(29(3)20-27)45(36-15-13-31-9-5-6-10-32(31)23-36)37-16-14-35-21-30(17-18-44(35,4)26-37)22-40-42(46)38-24-33-11-7-8-12-34(33)25-39(38)43(40)47/h5-26,35H,1-4H3. The largest absolute Gasteiger partial charge is 0.310 e. The van der Waals surface area contributed by atoms with Crippen molar-refractivity contribution in [1.82, 2.24) is 0 Å². The minimum absolute atomic E-state index is 0.0679. The fourth-order valence-electron chi connectivity index (χ4n) is 7.60. The second-order valence-corrected chi connectivity index (χ2v) is 13.4. The first-order valence-electron chi connectivity index (χ1n) is 16.2. The maximum Gasteiger partial charge on any atom is 0.197 e. The average Bonchev–Trinajstić information content (AvgIpc) is 3.28. The van der Waals surface area contributed by atoms with E-state index in [9.17, 15) is 9.59 Å². The monoisotopic (exact) mass is 609 g/mol. The van der Waals surface area contributed by atoms with Crippen LogP contribution in [0.1, 0.15) is 44.3 Å². The molecule has 0 bridgehead atoms. The zero-order chi connectivity index (χ0) is 32.4. The first kappa shape index (κ1) is 28.9. The van der Waals surface area contributed by atoms with Gasteiger partial charge in [0.15, 0.2) is 11.6 Å². The van der Waals surface area contributed by atoms with Gasteiger partial charge < -0.3 is 4.90 Å². The van der Waals surface area contributed by atoms with E-state index in [-0.39, 0.29) is 28.5 Å². The summed E-state index contributed by atoms with van der Waals surface area (Å²) in [7, 11) is 0. The number of benzene rings is 5. The maximum absolute atomic E-state index is 13.4. The number of nitrogens with zero attached hydrogens (tertiary/aromatic N) is 1. The highest BCUT2D eigenvalue weighted by Gasteiger charge is 2.36. The molecule has 3 aliphatic carbocycles. The highest BCUT2D eigenvalue weighted by molar-refractivity contribution is 6.40. The number of hydrogen-bond donors (Lipinski definition) is 0. The van der Waals surface area contributed by atoms with Gasteiger partial charge >= 0.3 is 0 Å². The third kappa shape index (κ3) is 4.82. The van der Waals surface area contributed by atoms with E-state index in [0.717, 1.165) is 27.7 Å². The molecule has 0 saturated carbocycles. The van der Waals surface area contributed by atoms with Crippen LogP contribution in [-0.2, 0) is 0 Å². The van der Waals surface area contributed by atoms with Gasteiger partial charge in [0.25, 0.3) is 0 Å². The van der Waals surface area contributed by atoms with Crippen LogP contribution in [0.2, 0.25) is 0 Å². The number of anilines is 2. The fraction of sp³-hybridized carbons (Fsp3) is 0.136. The summed E-state index contributed by atoms with van der Waals surface area (Å²) in [6, 6.07) is 31.2. The summed E-state index contributed by atoms with van der Waals surface area (Å²) in [5, 5.41) is 4.34. The molecule has 2 atom stereocenters. The molecular formula is C44H35NO2. The lowest BCUT2D eigenvalue weighted by Gasteiger charge is -2.39. The zero-order valence-electron chi connectivity index (χ0n) is 27.0. The normalized spacial score (nSPS) is 19.9. The molecule has 5 aromatic carbocycles. The minimum Gasteiger partial charge on any atom is -0.310 e. The molecule has 8 rings (SSSR count). The van der Waals surface area contributed by atoms with Crippen molar-refractivity contribution < 1.29 is 9.59 Å². The molecule has 0 fully saturated rings. The molecule has 0 heterocycles. The van der Waals surface area contributed by atoms with Gasteiger partial charge in [-0.3, -0.25) is 9.59 Å². The Morgan fingerprint density at radius 2 is 1.30 bits per heavy atom. The van der Waals surface area contributed by atoms with Crippen molar-refractivity contribution in [3.63, 3.8) is 0 Å². The average molecular weight is 610 g/mol. The third-order valence-electron chi connectivity index (χ3n) is 9.94. The number of allylic oxidation sites excluding steroid dienone is 9. The molecule has 0 saturated heterocycles. The van der Waals surface area contributed by atoms with E-state index in [2.05, 4.69) is 124 Å². The summed E-state index contributed by atoms with van der Waals surface area (Å²) >= 11 is 0. The molecule has 0 aliphatic heterocycles. The molecule has 0 N–H and O–H groups in total. The smallest absolute Gasteiger partial charge is 0.197 e. The first-order valence-corrected chi connectivity index (χ1v) is 16.2. The van der Waals surface area contributed by atoms with Gasteiger partial charge in [0.05, 0.1) is 11.3 Å². The molecule has 0 aromatic heterocycles. The van der Waals surface area contributed by atoms with E-state index in [0.29, 0.717) is 11.1 Å². The van der Waals surface area contributed by atoms with E-state index < -0.39 is 0 Å². The van der Waals surface area contributed by atoms with Gasteiger partial charge in [-0.2, -0.15) is 0 Å². The SMILES string of the molecule is Cc1cc(C)c(N(C2=CC3(C)C=CC(C=C4C(=O)c5cc6ccccc6cc5C4=O)=CC3C=C2)c2ccc3ccccc3c2)c(C)c1. The second kappa shape index (κ2) is 10.8. The molecule has 3 aliphatic rings. The summed E-state index contributed by atoms with van der Waals surface area (Å²) in [4.78, 5) is 29.3. The van der Waals surface area contributed by atoms with Crippen molar-refractivity contribution in [2.45, 2.75) is 27.7 Å². The Labute approximate surface area is 275 Å². The van der Waals surface area contributed by atoms with Crippen molar-refractivity contribution in [1.29, 1.82) is 0 Å². The number of ketones is 2. The topological polar surface area (TPSA) is 37.4 Å². The number of carbonyl (C=O) groups excluding carboxylic acids is 2. The molecule has 3 heteroatoms. The van der Waals surface area contributed by atoms with Crippen molar-refractivity contribution in [2.75, 3.05) is 4.90 Å². The zero-order valence-corrected chi connectivity index (χ0v) is 27.0. The van der Waals surface area contributed by atoms with Gasteiger partial charge in [-0.25, -0.2) is 0 Å². The molecular weight excluding hydrogens is 574 g/mol. The second-order valence-electron chi connectivity index (χ2n) is 13.4. The van der Waals surface area contributed by atoms with Gasteiger partial charge in [-0.05, 0) is 102 Å². The van der Waals surface area contributed by atoms with Crippen molar-refractivity contribution in [2.24, 2.45) is 11.3 Å². The Bertz CT molecular complexity index is 2270. The number of rotatable bonds is 4. The predicted molar refractivity (Wildman–Crippen MR) is 193 cm³/mol. The lowest BCUT2D eigenvalue weighted by atomic mass is 9.70. The first-order chi connectivity index (χ1) is 22.7. The number of aryl methyl sites for hydroxylation is 3.